The minimum Gasteiger partial charge on any atom is -0.444 e. The molecule has 0 aliphatic carbocycles. The quantitative estimate of drug-likeness (QED) is 0.858. The van der Waals surface area contributed by atoms with Crippen LogP contribution in [0.1, 0.15) is 44.8 Å². The van der Waals surface area contributed by atoms with Gasteiger partial charge in [0.1, 0.15) is 10.6 Å². The van der Waals surface area contributed by atoms with Crippen molar-refractivity contribution in [1.82, 2.24) is 9.88 Å². The van der Waals surface area contributed by atoms with E-state index in [-0.39, 0.29) is 11.7 Å². The lowest BCUT2D eigenvalue weighted by Crippen LogP contribution is -2.39. The molecule has 1 fully saturated rings. The Bertz CT molecular complexity index is 509. The minimum atomic E-state index is -0.463. The van der Waals surface area contributed by atoms with Crippen molar-refractivity contribution in [2.75, 3.05) is 13.1 Å². The van der Waals surface area contributed by atoms with Gasteiger partial charge in [0.15, 0.2) is 0 Å². The molecule has 21 heavy (non-hydrogen) atoms. The Morgan fingerprint density at radius 1 is 1.52 bits per heavy atom. The van der Waals surface area contributed by atoms with E-state index >= 15 is 0 Å². The molecule has 0 saturated carbocycles. The Morgan fingerprint density at radius 2 is 2.24 bits per heavy atom. The molecule has 0 aromatic carbocycles. The molecule has 1 amide bonds. The van der Waals surface area contributed by atoms with E-state index in [0.29, 0.717) is 19.7 Å². The zero-order chi connectivity index (χ0) is 15.7. The predicted molar refractivity (Wildman–Crippen MR) is 82.5 cm³/mol. The summed E-state index contributed by atoms with van der Waals surface area (Å²) in [5, 5.41) is 2.99. The van der Waals surface area contributed by atoms with E-state index in [1.165, 1.54) is 0 Å². The first-order valence-electron chi connectivity index (χ1n) is 7.20. The second-order valence-electron chi connectivity index (χ2n) is 6.77. The van der Waals surface area contributed by atoms with Crippen molar-refractivity contribution >= 4 is 17.4 Å². The molecular formula is C15H24N2O3S. The first-order chi connectivity index (χ1) is 9.67. The number of nitrogens with zero attached hydrogens (tertiary/aromatic N) is 2. The maximum atomic E-state index is 12.1. The van der Waals surface area contributed by atoms with Crippen LogP contribution >= 0.6 is 11.3 Å². The SMILES string of the molecule is Cc1csc(COC2(C)CCN(C(=O)OC(C)(C)C)C2)n1. The van der Waals surface area contributed by atoms with Crippen molar-refractivity contribution in [2.45, 2.75) is 58.8 Å². The van der Waals surface area contributed by atoms with Gasteiger partial charge in [0.2, 0.25) is 0 Å². The van der Waals surface area contributed by atoms with E-state index in [1.54, 1.807) is 16.2 Å². The molecule has 0 bridgehead atoms. The first kappa shape index (κ1) is 16.2. The molecule has 0 N–H and O–H groups in total. The van der Waals surface area contributed by atoms with Crippen molar-refractivity contribution < 1.29 is 14.3 Å². The number of thiazole rings is 1. The highest BCUT2D eigenvalue weighted by molar-refractivity contribution is 7.09. The number of amides is 1. The average Bonchev–Trinajstić information content (AvgIpc) is 2.92. The molecule has 1 unspecified atom stereocenters. The minimum absolute atomic E-state index is 0.264. The number of aromatic nitrogens is 1. The maximum absolute atomic E-state index is 12.1. The molecule has 1 atom stereocenters. The van der Waals surface area contributed by atoms with E-state index in [0.717, 1.165) is 17.1 Å². The molecule has 118 valence electrons. The Balaban J connectivity index is 1.86. The Hall–Kier alpha value is -1.14. The summed E-state index contributed by atoms with van der Waals surface area (Å²) >= 11 is 1.61. The van der Waals surface area contributed by atoms with Crippen molar-refractivity contribution in [3.8, 4) is 0 Å². The normalized spacial score (nSPS) is 22.6. The monoisotopic (exact) mass is 312 g/mol. The molecule has 1 saturated heterocycles. The Morgan fingerprint density at radius 3 is 2.81 bits per heavy atom. The largest absolute Gasteiger partial charge is 0.444 e. The summed E-state index contributed by atoms with van der Waals surface area (Å²) < 4.78 is 11.4. The third kappa shape index (κ3) is 4.68. The zero-order valence-electron chi connectivity index (χ0n) is 13.4. The summed E-state index contributed by atoms with van der Waals surface area (Å²) in [6, 6.07) is 0. The van der Waals surface area contributed by atoms with Crippen LogP contribution in [0, 0.1) is 6.92 Å². The summed E-state index contributed by atoms with van der Waals surface area (Å²) in [4.78, 5) is 18.2. The van der Waals surface area contributed by atoms with E-state index in [9.17, 15) is 4.79 Å². The number of carbonyl (C=O) groups excluding carboxylic acids is 1. The first-order valence-corrected chi connectivity index (χ1v) is 8.08. The molecular weight excluding hydrogens is 288 g/mol. The molecule has 1 aliphatic rings. The van der Waals surface area contributed by atoms with Gasteiger partial charge in [-0.3, -0.25) is 0 Å². The summed E-state index contributed by atoms with van der Waals surface area (Å²) in [5.74, 6) is 0. The van der Waals surface area contributed by atoms with Crippen LogP contribution in [0.2, 0.25) is 0 Å². The van der Waals surface area contributed by atoms with Crippen molar-refractivity contribution in [2.24, 2.45) is 0 Å². The number of aryl methyl sites for hydroxylation is 1. The fraction of sp³-hybridized carbons (Fsp3) is 0.733. The van der Waals surface area contributed by atoms with Crippen molar-refractivity contribution in [3.63, 3.8) is 0 Å². The summed E-state index contributed by atoms with van der Waals surface area (Å²) in [6.45, 7) is 11.4. The molecule has 1 aromatic rings. The standard InChI is InChI=1S/C15H24N2O3S/c1-11-9-21-12(16-11)8-19-15(5)6-7-17(10-15)13(18)20-14(2,3)4/h9H,6-8,10H2,1-5H3. The summed E-state index contributed by atoms with van der Waals surface area (Å²) in [5.41, 5.74) is 0.233. The average molecular weight is 312 g/mol. The Kier molecular flexibility index (Phi) is 4.58. The zero-order valence-corrected chi connectivity index (χ0v) is 14.2. The van der Waals surface area contributed by atoms with Crippen LogP contribution in [0.5, 0.6) is 0 Å². The summed E-state index contributed by atoms with van der Waals surface area (Å²) in [7, 11) is 0. The van der Waals surface area contributed by atoms with Crippen LogP contribution in [-0.4, -0.2) is 40.3 Å². The molecule has 2 rings (SSSR count). The fourth-order valence-corrected chi connectivity index (χ4v) is 2.92. The lowest BCUT2D eigenvalue weighted by atomic mass is 10.1. The number of likely N-dealkylation sites (tertiary alicyclic amines) is 1. The number of rotatable bonds is 3. The molecule has 0 spiro atoms. The third-order valence-corrected chi connectivity index (χ3v) is 4.24. The maximum Gasteiger partial charge on any atom is 0.410 e. The summed E-state index contributed by atoms with van der Waals surface area (Å²) in [6.07, 6.45) is 0.552. The van der Waals surface area contributed by atoms with Gasteiger partial charge in [0.25, 0.3) is 0 Å². The lowest BCUT2D eigenvalue weighted by Gasteiger charge is -2.27. The number of carbonyl (C=O) groups is 1. The Labute approximate surface area is 130 Å². The van der Waals surface area contributed by atoms with Crippen molar-refractivity contribution in [1.29, 1.82) is 0 Å². The number of hydrogen-bond donors (Lipinski definition) is 0. The van der Waals surface area contributed by atoms with E-state index in [4.69, 9.17) is 9.47 Å². The van der Waals surface area contributed by atoms with Crippen LogP contribution in [0.15, 0.2) is 5.38 Å². The van der Waals surface area contributed by atoms with Crippen LogP contribution in [0.3, 0.4) is 0 Å². The van der Waals surface area contributed by atoms with Crippen LogP contribution in [0.4, 0.5) is 4.79 Å². The number of ether oxygens (including phenoxy) is 2. The predicted octanol–water partition coefficient (Wildman–Crippen LogP) is 3.37. The van der Waals surface area contributed by atoms with Crippen LogP contribution < -0.4 is 0 Å². The van der Waals surface area contributed by atoms with Gasteiger partial charge in [-0.05, 0) is 41.0 Å². The molecule has 2 heterocycles. The van der Waals surface area contributed by atoms with Gasteiger partial charge in [-0.15, -0.1) is 11.3 Å². The van der Waals surface area contributed by atoms with Crippen LogP contribution in [-0.2, 0) is 16.1 Å². The second kappa shape index (κ2) is 5.93. The van der Waals surface area contributed by atoms with Gasteiger partial charge in [0.05, 0.1) is 18.8 Å². The van der Waals surface area contributed by atoms with E-state index in [2.05, 4.69) is 4.98 Å². The van der Waals surface area contributed by atoms with Gasteiger partial charge in [-0.2, -0.15) is 0 Å². The molecule has 1 aromatic heterocycles. The van der Waals surface area contributed by atoms with E-state index < -0.39 is 5.60 Å². The van der Waals surface area contributed by atoms with Gasteiger partial charge in [-0.25, -0.2) is 9.78 Å². The van der Waals surface area contributed by atoms with Gasteiger partial charge >= 0.3 is 6.09 Å². The highest BCUT2D eigenvalue weighted by atomic mass is 32.1. The number of hydrogen-bond acceptors (Lipinski definition) is 5. The fourth-order valence-electron chi connectivity index (χ4n) is 2.24. The van der Waals surface area contributed by atoms with Gasteiger partial charge in [-0.1, -0.05) is 0 Å². The van der Waals surface area contributed by atoms with Gasteiger partial charge in [0, 0.05) is 17.6 Å². The highest BCUT2D eigenvalue weighted by Gasteiger charge is 2.38. The smallest absolute Gasteiger partial charge is 0.410 e. The third-order valence-electron chi connectivity index (χ3n) is 3.30. The molecule has 0 radical (unpaired) electrons. The van der Waals surface area contributed by atoms with Crippen molar-refractivity contribution in [3.05, 3.63) is 16.1 Å². The van der Waals surface area contributed by atoms with Crippen LogP contribution in [0.25, 0.3) is 0 Å². The van der Waals surface area contributed by atoms with E-state index in [1.807, 2.05) is 40.0 Å². The molecule has 1 aliphatic heterocycles. The topological polar surface area (TPSA) is 51.7 Å². The second-order valence-corrected chi connectivity index (χ2v) is 7.72. The van der Waals surface area contributed by atoms with Gasteiger partial charge < -0.3 is 14.4 Å². The molecule has 5 nitrogen and oxygen atoms in total. The highest BCUT2D eigenvalue weighted by Crippen LogP contribution is 2.28. The lowest BCUT2D eigenvalue weighted by molar-refractivity contribution is -0.0375. The molecule has 6 heteroatoms.